The fourth-order valence-electron chi connectivity index (χ4n) is 8.32. The molecular weight excluding hydrogens is 629 g/mol. The van der Waals surface area contributed by atoms with Crippen LogP contribution < -0.4 is 0 Å². The van der Waals surface area contributed by atoms with Gasteiger partial charge in [0.05, 0.1) is 22.1 Å². The molecule has 0 atom stereocenters. The number of aryl methyl sites for hydroxylation is 2. The van der Waals surface area contributed by atoms with E-state index in [1.807, 2.05) is 0 Å². The average Bonchev–Trinajstić information content (AvgIpc) is 3.72. The van der Waals surface area contributed by atoms with E-state index in [1.54, 1.807) is 0 Å². The van der Waals surface area contributed by atoms with Gasteiger partial charge in [0, 0.05) is 32.9 Å². The van der Waals surface area contributed by atoms with Crippen molar-refractivity contribution in [2.24, 2.45) is 0 Å². The van der Waals surface area contributed by atoms with Crippen LogP contribution in [0.15, 0.2) is 158 Å². The van der Waals surface area contributed by atoms with Gasteiger partial charge in [-0.15, -0.1) is 0 Å². The lowest BCUT2D eigenvalue weighted by Crippen LogP contribution is -1.95. The highest BCUT2D eigenvalue weighted by molar-refractivity contribution is 6.28. The van der Waals surface area contributed by atoms with Crippen LogP contribution in [-0.2, 0) is 12.8 Å². The summed E-state index contributed by atoms with van der Waals surface area (Å²) in [6.45, 7) is 4.52. The normalized spacial score (nSPS) is 11.7. The fourth-order valence-corrected chi connectivity index (χ4v) is 8.32. The summed E-state index contributed by atoms with van der Waals surface area (Å²) in [5.41, 5.74) is 15.2. The molecule has 0 saturated carbocycles. The van der Waals surface area contributed by atoms with Crippen molar-refractivity contribution in [1.29, 1.82) is 0 Å². The number of hydrogen-bond donors (Lipinski definition) is 0. The summed E-state index contributed by atoms with van der Waals surface area (Å²) < 4.78 is 4.90. The molecule has 0 unspecified atom stereocenters. The Labute approximate surface area is 306 Å². The topological polar surface area (TPSA) is 9.86 Å². The van der Waals surface area contributed by atoms with E-state index in [2.05, 4.69) is 181 Å². The molecule has 52 heavy (non-hydrogen) atoms. The van der Waals surface area contributed by atoms with Gasteiger partial charge in [0.25, 0.3) is 0 Å². The van der Waals surface area contributed by atoms with Gasteiger partial charge < -0.3 is 9.13 Å². The van der Waals surface area contributed by atoms with E-state index in [0.29, 0.717) is 0 Å². The summed E-state index contributed by atoms with van der Waals surface area (Å²) in [6.07, 6.45) is 7.12. The first-order chi connectivity index (χ1) is 25.7. The monoisotopic (exact) mass is 672 g/mol. The molecular formula is C50H44N2. The van der Waals surface area contributed by atoms with Crippen molar-refractivity contribution in [3.8, 4) is 33.6 Å². The van der Waals surface area contributed by atoms with Crippen molar-refractivity contribution in [2.75, 3.05) is 0 Å². The van der Waals surface area contributed by atoms with Gasteiger partial charge in [0.1, 0.15) is 0 Å². The second-order valence-corrected chi connectivity index (χ2v) is 14.2. The zero-order valence-electron chi connectivity index (χ0n) is 30.1. The third kappa shape index (κ3) is 5.51. The maximum atomic E-state index is 2.45. The van der Waals surface area contributed by atoms with Gasteiger partial charge in [0.15, 0.2) is 0 Å². The molecule has 0 saturated heterocycles. The number of hydrogen-bond acceptors (Lipinski definition) is 0. The van der Waals surface area contributed by atoms with Crippen LogP contribution in [0, 0.1) is 0 Å². The van der Waals surface area contributed by atoms with E-state index in [0.717, 1.165) is 12.8 Å². The Hall–Kier alpha value is -5.86. The first kappa shape index (κ1) is 32.1. The molecule has 0 spiro atoms. The molecule has 0 bridgehead atoms. The van der Waals surface area contributed by atoms with Crippen LogP contribution >= 0.6 is 0 Å². The summed E-state index contributed by atoms with van der Waals surface area (Å²) in [5, 5.41) is 5.18. The molecule has 2 aromatic heterocycles. The Balaban J connectivity index is 1.18. The maximum absolute atomic E-state index is 2.45. The molecule has 0 aliphatic carbocycles. The highest BCUT2D eigenvalue weighted by atomic mass is 15.0. The maximum Gasteiger partial charge on any atom is 0.0548 e. The highest BCUT2D eigenvalue weighted by Gasteiger charge is 2.20. The first-order valence-corrected chi connectivity index (χ1v) is 19.1. The average molecular weight is 673 g/mol. The van der Waals surface area contributed by atoms with Crippen LogP contribution in [0.1, 0.15) is 50.7 Å². The molecule has 9 aromatic rings. The summed E-state index contributed by atoms with van der Waals surface area (Å²) in [7, 11) is 0. The third-order valence-electron chi connectivity index (χ3n) is 10.9. The van der Waals surface area contributed by atoms with Crippen molar-refractivity contribution in [1.82, 2.24) is 9.13 Å². The van der Waals surface area contributed by atoms with Crippen molar-refractivity contribution in [3.63, 3.8) is 0 Å². The van der Waals surface area contributed by atoms with Gasteiger partial charge in [-0.2, -0.15) is 0 Å². The molecule has 254 valence electrons. The zero-order chi connectivity index (χ0) is 35.0. The molecule has 2 nitrogen and oxygen atoms in total. The minimum Gasteiger partial charge on any atom is -0.309 e. The second-order valence-electron chi connectivity index (χ2n) is 14.2. The minimum atomic E-state index is 1.12. The molecule has 0 aliphatic heterocycles. The van der Waals surface area contributed by atoms with E-state index in [4.69, 9.17) is 0 Å². The number of para-hydroxylation sites is 2. The molecule has 2 heteroatoms. The molecule has 0 radical (unpaired) electrons. The number of aromatic nitrogens is 2. The smallest absolute Gasteiger partial charge is 0.0548 e. The lowest BCUT2D eigenvalue weighted by atomic mass is 9.93. The molecule has 7 aromatic carbocycles. The van der Waals surface area contributed by atoms with E-state index in [-0.39, 0.29) is 0 Å². The van der Waals surface area contributed by atoms with Gasteiger partial charge in [-0.25, -0.2) is 0 Å². The molecule has 9 rings (SSSR count). The van der Waals surface area contributed by atoms with Crippen molar-refractivity contribution < 1.29 is 0 Å². The van der Waals surface area contributed by atoms with Gasteiger partial charge in [-0.3, -0.25) is 0 Å². The molecule has 0 amide bonds. The quantitative estimate of drug-likeness (QED) is 0.137. The van der Waals surface area contributed by atoms with Crippen LogP contribution in [0.2, 0.25) is 0 Å². The van der Waals surface area contributed by atoms with Gasteiger partial charge in [-0.1, -0.05) is 136 Å². The summed E-state index contributed by atoms with van der Waals surface area (Å²) in [5.74, 6) is 0. The van der Waals surface area contributed by atoms with Crippen LogP contribution in [0.4, 0.5) is 0 Å². The van der Waals surface area contributed by atoms with Gasteiger partial charge in [-0.05, 0) is 108 Å². The van der Waals surface area contributed by atoms with E-state index in [1.165, 1.54) is 114 Å². The van der Waals surface area contributed by atoms with Gasteiger partial charge in [0.2, 0.25) is 0 Å². The third-order valence-corrected chi connectivity index (χ3v) is 10.9. The standard InChI is InChI=1S/C50H44N2/c1-3-5-14-35-24-28-39(29-25-35)51-45-22-11-9-20-43(45)49-47(51)32-33-48-50(49)44-21-10-12-23-46(44)52(48)40-30-26-37(27-31-40)41-18-7-8-19-42(41)38-17-13-16-36(34-38)15-6-4-2/h7-13,16-34H,3-6,14-15H2,1-2H3. The van der Waals surface area contributed by atoms with E-state index >= 15 is 0 Å². The predicted octanol–water partition coefficient (Wildman–Crippen LogP) is 13.9. The summed E-state index contributed by atoms with van der Waals surface area (Å²) in [6, 6.07) is 58.8. The van der Waals surface area contributed by atoms with Crippen LogP contribution in [0.3, 0.4) is 0 Å². The Morgan fingerprint density at radius 3 is 1.46 bits per heavy atom. The Bertz CT molecular complexity index is 2690. The van der Waals surface area contributed by atoms with Crippen molar-refractivity contribution in [2.45, 2.75) is 52.4 Å². The number of benzene rings is 7. The predicted molar refractivity (Wildman–Crippen MR) is 223 cm³/mol. The lowest BCUT2D eigenvalue weighted by molar-refractivity contribution is 0.795. The van der Waals surface area contributed by atoms with Gasteiger partial charge >= 0.3 is 0 Å². The molecule has 0 fully saturated rings. The van der Waals surface area contributed by atoms with E-state index < -0.39 is 0 Å². The molecule has 0 aliphatic rings. The summed E-state index contributed by atoms with van der Waals surface area (Å²) in [4.78, 5) is 0. The fraction of sp³-hybridized carbons (Fsp3) is 0.160. The largest absolute Gasteiger partial charge is 0.309 e. The number of fused-ring (bicyclic) bond motifs is 7. The second kappa shape index (κ2) is 13.7. The Kier molecular flexibility index (Phi) is 8.45. The molecule has 2 heterocycles. The first-order valence-electron chi connectivity index (χ1n) is 19.1. The number of unbranched alkanes of at least 4 members (excludes halogenated alkanes) is 2. The number of nitrogens with zero attached hydrogens (tertiary/aromatic N) is 2. The Morgan fingerprint density at radius 1 is 0.385 bits per heavy atom. The highest BCUT2D eigenvalue weighted by Crippen LogP contribution is 2.42. The van der Waals surface area contributed by atoms with E-state index in [9.17, 15) is 0 Å². The number of rotatable bonds is 10. The summed E-state index contributed by atoms with van der Waals surface area (Å²) >= 11 is 0. The van der Waals surface area contributed by atoms with Crippen molar-refractivity contribution in [3.05, 3.63) is 169 Å². The van der Waals surface area contributed by atoms with Crippen LogP contribution in [0.25, 0.3) is 77.2 Å². The Morgan fingerprint density at radius 2 is 0.885 bits per heavy atom. The minimum absolute atomic E-state index is 1.12. The van der Waals surface area contributed by atoms with Crippen molar-refractivity contribution >= 4 is 43.6 Å². The van der Waals surface area contributed by atoms with Crippen LogP contribution in [0.5, 0.6) is 0 Å². The lowest BCUT2D eigenvalue weighted by Gasteiger charge is -2.13. The molecule has 0 N–H and O–H groups in total. The zero-order valence-corrected chi connectivity index (χ0v) is 30.1. The van der Waals surface area contributed by atoms with Crippen LogP contribution in [-0.4, -0.2) is 9.13 Å². The SMILES string of the molecule is CCCCc1ccc(-n2c3ccccc3c3c4c5ccccc5n(-c5ccc(-c6ccccc6-c6cccc(CCCC)c6)cc5)c4ccc32)cc1.